The highest BCUT2D eigenvalue weighted by molar-refractivity contribution is 9.10. The largest absolute Gasteiger partial charge is 0.356 e. The molecule has 1 aromatic carbocycles. The normalized spacial score (nSPS) is 14.9. The number of aryl methyl sites for hydroxylation is 1. The van der Waals surface area contributed by atoms with E-state index < -0.39 is 0 Å². The van der Waals surface area contributed by atoms with Crippen molar-refractivity contribution < 1.29 is 4.39 Å². The van der Waals surface area contributed by atoms with E-state index in [1.54, 1.807) is 6.07 Å². The molecule has 1 N–H and O–H groups in total. The Kier molecular flexibility index (Phi) is 2.54. The number of benzene rings is 1. The van der Waals surface area contributed by atoms with E-state index >= 15 is 0 Å². The first kappa shape index (κ1) is 11.0. The van der Waals surface area contributed by atoms with Gasteiger partial charge in [0.2, 0.25) is 0 Å². The molecule has 0 fully saturated rings. The summed E-state index contributed by atoms with van der Waals surface area (Å²) < 4.78 is 14.4. The number of aromatic nitrogens is 1. The first-order chi connectivity index (χ1) is 8.18. The van der Waals surface area contributed by atoms with Gasteiger partial charge in [0.25, 0.3) is 0 Å². The molecule has 0 aliphatic heterocycles. The van der Waals surface area contributed by atoms with Crippen LogP contribution in [0.25, 0.3) is 10.9 Å². The van der Waals surface area contributed by atoms with Gasteiger partial charge >= 0.3 is 0 Å². The maximum atomic E-state index is 13.7. The van der Waals surface area contributed by atoms with Crippen molar-refractivity contribution in [1.82, 2.24) is 4.98 Å². The third-order valence-corrected chi connectivity index (χ3v) is 4.01. The molecule has 2 nitrogen and oxygen atoms in total. The van der Waals surface area contributed by atoms with Crippen molar-refractivity contribution in [3.05, 3.63) is 43.9 Å². The summed E-state index contributed by atoms with van der Waals surface area (Å²) in [4.78, 5) is 15.4. The van der Waals surface area contributed by atoms with Crippen LogP contribution in [0.5, 0.6) is 0 Å². The molecule has 1 aliphatic rings. The molecule has 17 heavy (non-hydrogen) atoms. The fourth-order valence-electron chi connectivity index (χ4n) is 2.49. The predicted octanol–water partition coefficient (Wildman–Crippen LogP) is 3.31. The molecule has 1 aromatic heterocycles. The Morgan fingerprint density at radius 3 is 2.82 bits per heavy atom. The van der Waals surface area contributed by atoms with E-state index in [2.05, 4.69) is 20.9 Å². The van der Waals surface area contributed by atoms with E-state index in [1.165, 1.54) is 6.07 Å². The quantitative estimate of drug-likeness (QED) is 0.795. The van der Waals surface area contributed by atoms with Crippen molar-refractivity contribution in [2.24, 2.45) is 0 Å². The fraction of sp³-hybridized carbons (Fsp3) is 0.308. The summed E-state index contributed by atoms with van der Waals surface area (Å²) in [5.74, 6) is -0.367. The number of hydrogen-bond donors (Lipinski definition) is 1. The molecule has 0 radical (unpaired) electrons. The molecular formula is C13H11BrFNO. The van der Waals surface area contributed by atoms with Gasteiger partial charge in [-0.3, -0.25) is 4.79 Å². The van der Waals surface area contributed by atoms with E-state index in [1.807, 2.05) is 0 Å². The van der Waals surface area contributed by atoms with Crippen LogP contribution in [0.4, 0.5) is 4.39 Å². The topological polar surface area (TPSA) is 32.9 Å². The van der Waals surface area contributed by atoms with E-state index in [-0.39, 0.29) is 11.2 Å². The van der Waals surface area contributed by atoms with Crippen molar-refractivity contribution in [3.8, 4) is 0 Å². The van der Waals surface area contributed by atoms with E-state index in [9.17, 15) is 9.18 Å². The van der Waals surface area contributed by atoms with Crippen LogP contribution in [-0.2, 0) is 12.8 Å². The zero-order chi connectivity index (χ0) is 12.0. The van der Waals surface area contributed by atoms with Gasteiger partial charge in [-0.05, 0) is 53.7 Å². The minimum absolute atomic E-state index is 0.0279. The Balaban J connectivity index is 2.48. The second kappa shape index (κ2) is 3.95. The third-order valence-electron chi connectivity index (χ3n) is 3.35. The molecule has 4 heteroatoms. The predicted molar refractivity (Wildman–Crippen MR) is 68.9 cm³/mol. The van der Waals surface area contributed by atoms with Crippen molar-refractivity contribution in [1.29, 1.82) is 0 Å². The third kappa shape index (κ3) is 1.62. The maximum absolute atomic E-state index is 13.7. The molecule has 3 rings (SSSR count). The molecule has 0 unspecified atom stereocenters. The molecule has 0 saturated heterocycles. The Morgan fingerprint density at radius 2 is 2.00 bits per heavy atom. The number of nitrogens with one attached hydrogen (secondary N) is 1. The van der Waals surface area contributed by atoms with E-state index in [0.717, 1.165) is 36.9 Å². The fourth-order valence-corrected chi connectivity index (χ4v) is 3.00. The lowest BCUT2D eigenvalue weighted by molar-refractivity contribution is 0.631. The number of fused-ring (bicyclic) bond motifs is 2. The van der Waals surface area contributed by atoms with Gasteiger partial charge in [0.1, 0.15) is 5.82 Å². The molecule has 0 atom stereocenters. The van der Waals surface area contributed by atoms with Gasteiger partial charge in [0.15, 0.2) is 5.43 Å². The molecule has 0 spiro atoms. The zero-order valence-electron chi connectivity index (χ0n) is 9.15. The number of halogens is 2. The highest BCUT2D eigenvalue weighted by Crippen LogP contribution is 2.26. The van der Waals surface area contributed by atoms with Gasteiger partial charge in [0.05, 0.1) is 10.9 Å². The van der Waals surface area contributed by atoms with Crippen LogP contribution in [-0.4, -0.2) is 4.98 Å². The summed E-state index contributed by atoms with van der Waals surface area (Å²) in [6, 6.07) is 2.96. The van der Waals surface area contributed by atoms with Crippen molar-refractivity contribution in [2.45, 2.75) is 25.7 Å². The van der Waals surface area contributed by atoms with Crippen LogP contribution >= 0.6 is 15.9 Å². The van der Waals surface area contributed by atoms with Gasteiger partial charge in [-0.15, -0.1) is 0 Å². The standard InChI is InChI=1S/C13H11BrFNO/c14-8-5-6-9(15)12-11(8)13(17)7-3-1-2-4-10(7)16-12/h5-6H,1-4H2,(H,16,17). The Labute approximate surface area is 106 Å². The highest BCUT2D eigenvalue weighted by atomic mass is 79.9. The molecule has 0 saturated carbocycles. The molecule has 2 aromatic rings. The van der Waals surface area contributed by atoms with Crippen LogP contribution < -0.4 is 5.43 Å². The second-order valence-corrected chi connectivity index (χ2v) is 5.25. The lowest BCUT2D eigenvalue weighted by Crippen LogP contribution is -2.19. The first-order valence-corrected chi connectivity index (χ1v) is 6.49. The number of rotatable bonds is 0. The first-order valence-electron chi connectivity index (χ1n) is 5.70. The Hall–Kier alpha value is -1.16. The Morgan fingerprint density at radius 1 is 1.24 bits per heavy atom. The summed E-state index contributed by atoms with van der Waals surface area (Å²) in [5, 5.41) is 0.436. The van der Waals surface area contributed by atoms with Gasteiger partial charge in [-0.1, -0.05) is 0 Å². The SMILES string of the molecule is O=c1c2c([nH]c3c(F)ccc(Br)c13)CCCC2. The van der Waals surface area contributed by atoms with Gasteiger partial charge in [-0.2, -0.15) is 0 Å². The number of hydrogen-bond acceptors (Lipinski definition) is 1. The maximum Gasteiger partial charge on any atom is 0.194 e. The smallest absolute Gasteiger partial charge is 0.194 e. The molecular weight excluding hydrogens is 285 g/mol. The van der Waals surface area contributed by atoms with E-state index in [4.69, 9.17) is 0 Å². The average Bonchev–Trinajstić information content (AvgIpc) is 2.34. The van der Waals surface area contributed by atoms with Crippen molar-refractivity contribution >= 4 is 26.8 Å². The van der Waals surface area contributed by atoms with Crippen LogP contribution in [0.3, 0.4) is 0 Å². The lowest BCUT2D eigenvalue weighted by Gasteiger charge is -2.16. The summed E-state index contributed by atoms with van der Waals surface area (Å²) in [7, 11) is 0. The zero-order valence-corrected chi connectivity index (χ0v) is 10.7. The summed E-state index contributed by atoms with van der Waals surface area (Å²) in [6.07, 6.45) is 3.73. The average molecular weight is 296 g/mol. The molecule has 88 valence electrons. The molecule has 0 bridgehead atoms. The summed E-state index contributed by atoms with van der Waals surface area (Å²) in [5.41, 5.74) is 2.03. The van der Waals surface area contributed by atoms with Crippen molar-refractivity contribution in [3.63, 3.8) is 0 Å². The molecule has 1 aliphatic carbocycles. The summed E-state index contributed by atoms with van der Waals surface area (Å²) in [6.45, 7) is 0. The van der Waals surface area contributed by atoms with Gasteiger partial charge in [0, 0.05) is 15.7 Å². The van der Waals surface area contributed by atoms with E-state index in [0.29, 0.717) is 15.4 Å². The van der Waals surface area contributed by atoms with Gasteiger partial charge < -0.3 is 4.98 Å². The van der Waals surface area contributed by atoms with Gasteiger partial charge in [-0.25, -0.2) is 4.39 Å². The molecule has 1 heterocycles. The van der Waals surface area contributed by atoms with Crippen molar-refractivity contribution in [2.75, 3.05) is 0 Å². The lowest BCUT2D eigenvalue weighted by atomic mass is 9.94. The minimum Gasteiger partial charge on any atom is -0.356 e. The monoisotopic (exact) mass is 295 g/mol. The van der Waals surface area contributed by atoms with Crippen LogP contribution in [0.1, 0.15) is 24.1 Å². The minimum atomic E-state index is -0.367. The number of pyridine rings is 1. The summed E-state index contributed by atoms with van der Waals surface area (Å²) >= 11 is 3.32. The second-order valence-electron chi connectivity index (χ2n) is 4.40. The molecule has 0 amide bonds. The van der Waals surface area contributed by atoms with Crippen LogP contribution in [0.15, 0.2) is 21.4 Å². The van der Waals surface area contributed by atoms with Crippen LogP contribution in [0, 0.1) is 5.82 Å². The Bertz CT molecular complexity index is 662. The highest BCUT2D eigenvalue weighted by Gasteiger charge is 2.18. The number of aromatic amines is 1. The van der Waals surface area contributed by atoms with Crippen LogP contribution in [0.2, 0.25) is 0 Å². The number of H-pyrrole nitrogens is 1.